The van der Waals surface area contributed by atoms with E-state index in [0.29, 0.717) is 19.1 Å². The first-order valence-corrected chi connectivity index (χ1v) is 5.64. The van der Waals surface area contributed by atoms with E-state index in [1.54, 1.807) is 7.11 Å². The van der Waals surface area contributed by atoms with Crippen molar-refractivity contribution in [2.45, 2.75) is 13.0 Å². The third-order valence-corrected chi connectivity index (χ3v) is 2.82. The lowest BCUT2D eigenvalue weighted by Gasteiger charge is -2.34. The van der Waals surface area contributed by atoms with Crippen LogP contribution in [0.4, 0.5) is 0 Å². The van der Waals surface area contributed by atoms with E-state index in [1.807, 2.05) is 12.1 Å². The second kappa shape index (κ2) is 5.32. The van der Waals surface area contributed by atoms with Gasteiger partial charge in [-0.05, 0) is 17.7 Å². The highest BCUT2D eigenvalue weighted by atomic mass is 16.5. The molecule has 88 valence electrons. The first-order valence-electron chi connectivity index (χ1n) is 5.64. The van der Waals surface area contributed by atoms with E-state index in [4.69, 9.17) is 14.2 Å². The Kier molecular flexibility index (Phi) is 3.80. The Morgan fingerprint density at radius 3 is 2.50 bits per heavy atom. The van der Waals surface area contributed by atoms with Gasteiger partial charge in [0, 0.05) is 13.0 Å². The summed E-state index contributed by atoms with van der Waals surface area (Å²) in [6, 6.07) is 8.11. The fourth-order valence-electron chi connectivity index (χ4n) is 1.81. The van der Waals surface area contributed by atoms with Crippen molar-refractivity contribution in [3.63, 3.8) is 0 Å². The highest BCUT2D eigenvalue weighted by Crippen LogP contribution is 2.35. The summed E-state index contributed by atoms with van der Waals surface area (Å²) < 4.78 is 15.9. The number of methoxy groups -OCH3 is 1. The molecule has 0 N–H and O–H groups in total. The minimum Gasteiger partial charge on any atom is -0.491 e. The van der Waals surface area contributed by atoms with Gasteiger partial charge in [0.1, 0.15) is 12.4 Å². The van der Waals surface area contributed by atoms with E-state index < -0.39 is 0 Å². The standard InChI is InChI=1S/C13H18O3/c1-10-9-16-13(10)11-3-5-12(6-4-11)15-8-7-14-2/h3-6,10,13H,7-9H2,1-2H3. The normalized spacial score (nSPS) is 23.9. The van der Waals surface area contributed by atoms with Crippen LogP contribution in [0.5, 0.6) is 5.75 Å². The Balaban J connectivity index is 1.89. The minimum atomic E-state index is 0.271. The molecule has 0 aliphatic carbocycles. The molecule has 2 atom stereocenters. The Bertz CT molecular complexity index is 320. The predicted octanol–water partition coefficient (Wildman–Crippen LogP) is 2.42. The first-order chi connectivity index (χ1) is 7.81. The molecule has 0 bridgehead atoms. The minimum absolute atomic E-state index is 0.271. The second-order valence-corrected chi connectivity index (χ2v) is 4.14. The molecule has 1 aromatic rings. The Hall–Kier alpha value is -1.06. The van der Waals surface area contributed by atoms with Crippen LogP contribution >= 0.6 is 0 Å². The largest absolute Gasteiger partial charge is 0.491 e. The number of rotatable bonds is 5. The van der Waals surface area contributed by atoms with Gasteiger partial charge in [-0.1, -0.05) is 19.1 Å². The van der Waals surface area contributed by atoms with Crippen molar-refractivity contribution in [2.75, 3.05) is 26.9 Å². The Morgan fingerprint density at radius 1 is 1.25 bits per heavy atom. The fraction of sp³-hybridized carbons (Fsp3) is 0.538. The summed E-state index contributed by atoms with van der Waals surface area (Å²) in [7, 11) is 1.67. The van der Waals surface area contributed by atoms with Gasteiger partial charge in [0.2, 0.25) is 0 Å². The Labute approximate surface area is 96.3 Å². The molecule has 2 rings (SSSR count). The second-order valence-electron chi connectivity index (χ2n) is 4.14. The lowest BCUT2D eigenvalue weighted by Crippen LogP contribution is -2.29. The van der Waals surface area contributed by atoms with Gasteiger partial charge in [-0.15, -0.1) is 0 Å². The molecule has 16 heavy (non-hydrogen) atoms. The molecule has 0 radical (unpaired) electrons. The zero-order valence-electron chi connectivity index (χ0n) is 9.81. The van der Waals surface area contributed by atoms with Crippen molar-refractivity contribution in [3.05, 3.63) is 29.8 Å². The first kappa shape index (κ1) is 11.4. The van der Waals surface area contributed by atoms with E-state index in [-0.39, 0.29) is 6.10 Å². The molecular formula is C13H18O3. The summed E-state index contributed by atoms with van der Waals surface area (Å²) in [5.74, 6) is 1.51. The van der Waals surface area contributed by atoms with Crippen molar-refractivity contribution in [1.29, 1.82) is 0 Å². The zero-order chi connectivity index (χ0) is 11.4. The zero-order valence-corrected chi connectivity index (χ0v) is 9.81. The quantitative estimate of drug-likeness (QED) is 0.716. The lowest BCUT2D eigenvalue weighted by atomic mass is 9.93. The van der Waals surface area contributed by atoms with E-state index in [2.05, 4.69) is 19.1 Å². The predicted molar refractivity (Wildman–Crippen MR) is 61.7 cm³/mol. The molecular weight excluding hydrogens is 204 g/mol. The average molecular weight is 222 g/mol. The molecule has 0 saturated carbocycles. The number of hydrogen-bond donors (Lipinski definition) is 0. The molecule has 0 amide bonds. The summed E-state index contributed by atoms with van der Waals surface area (Å²) in [6.45, 7) is 4.28. The van der Waals surface area contributed by atoms with Gasteiger partial charge < -0.3 is 14.2 Å². The fourth-order valence-corrected chi connectivity index (χ4v) is 1.81. The topological polar surface area (TPSA) is 27.7 Å². The van der Waals surface area contributed by atoms with Crippen LogP contribution < -0.4 is 4.74 Å². The highest BCUT2D eigenvalue weighted by molar-refractivity contribution is 5.29. The molecule has 1 heterocycles. The molecule has 0 aromatic heterocycles. The summed E-state index contributed by atoms with van der Waals surface area (Å²) in [6.07, 6.45) is 0.271. The van der Waals surface area contributed by atoms with E-state index in [1.165, 1.54) is 5.56 Å². The molecule has 2 unspecified atom stereocenters. The van der Waals surface area contributed by atoms with Gasteiger partial charge in [0.25, 0.3) is 0 Å². The molecule has 0 spiro atoms. The van der Waals surface area contributed by atoms with E-state index >= 15 is 0 Å². The van der Waals surface area contributed by atoms with E-state index in [9.17, 15) is 0 Å². The number of hydrogen-bond acceptors (Lipinski definition) is 3. The van der Waals surface area contributed by atoms with Crippen LogP contribution in [-0.2, 0) is 9.47 Å². The molecule has 1 fully saturated rings. The van der Waals surface area contributed by atoms with Crippen LogP contribution in [0.15, 0.2) is 24.3 Å². The van der Waals surface area contributed by atoms with Crippen molar-refractivity contribution in [2.24, 2.45) is 5.92 Å². The third kappa shape index (κ3) is 2.54. The molecule has 1 aliphatic heterocycles. The van der Waals surface area contributed by atoms with Gasteiger partial charge >= 0.3 is 0 Å². The third-order valence-electron chi connectivity index (χ3n) is 2.82. The van der Waals surface area contributed by atoms with Crippen molar-refractivity contribution in [3.8, 4) is 5.75 Å². The molecule has 1 saturated heterocycles. The molecule has 3 heteroatoms. The summed E-state index contributed by atoms with van der Waals surface area (Å²) in [5, 5.41) is 0. The number of benzene rings is 1. The summed E-state index contributed by atoms with van der Waals surface area (Å²) in [5.41, 5.74) is 1.23. The highest BCUT2D eigenvalue weighted by Gasteiger charge is 2.29. The smallest absolute Gasteiger partial charge is 0.119 e. The molecule has 3 nitrogen and oxygen atoms in total. The number of ether oxygens (including phenoxy) is 3. The lowest BCUT2D eigenvalue weighted by molar-refractivity contribution is -0.109. The SMILES string of the molecule is COCCOc1ccc(C2OCC2C)cc1. The van der Waals surface area contributed by atoms with Crippen LogP contribution in [0, 0.1) is 5.92 Å². The Morgan fingerprint density at radius 2 is 2.00 bits per heavy atom. The van der Waals surface area contributed by atoms with Crippen molar-refractivity contribution >= 4 is 0 Å². The van der Waals surface area contributed by atoms with Gasteiger partial charge in [0.15, 0.2) is 0 Å². The van der Waals surface area contributed by atoms with Gasteiger partial charge in [-0.25, -0.2) is 0 Å². The van der Waals surface area contributed by atoms with Gasteiger partial charge in [-0.2, -0.15) is 0 Å². The van der Waals surface area contributed by atoms with E-state index in [0.717, 1.165) is 12.4 Å². The van der Waals surface area contributed by atoms with Crippen LogP contribution in [0.25, 0.3) is 0 Å². The van der Waals surface area contributed by atoms with Crippen LogP contribution in [0.3, 0.4) is 0 Å². The summed E-state index contributed by atoms with van der Waals surface area (Å²) >= 11 is 0. The molecule has 1 aromatic carbocycles. The van der Waals surface area contributed by atoms with Crippen LogP contribution in [0.2, 0.25) is 0 Å². The van der Waals surface area contributed by atoms with Crippen molar-refractivity contribution in [1.82, 2.24) is 0 Å². The average Bonchev–Trinajstić information content (AvgIpc) is 2.30. The van der Waals surface area contributed by atoms with Crippen LogP contribution in [0.1, 0.15) is 18.6 Å². The summed E-state index contributed by atoms with van der Waals surface area (Å²) in [4.78, 5) is 0. The maximum absolute atomic E-state index is 5.51. The maximum Gasteiger partial charge on any atom is 0.119 e. The van der Waals surface area contributed by atoms with Crippen LogP contribution in [-0.4, -0.2) is 26.9 Å². The molecule has 1 aliphatic rings. The van der Waals surface area contributed by atoms with Gasteiger partial charge in [-0.3, -0.25) is 0 Å². The maximum atomic E-state index is 5.51. The van der Waals surface area contributed by atoms with Gasteiger partial charge in [0.05, 0.1) is 19.3 Å². The monoisotopic (exact) mass is 222 g/mol. The van der Waals surface area contributed by atoms with Crippen molar-refractivity contribution < 1.29 is 14.2 Å².